The van der Waals surface area contributed by atoms with Gasteiger partial charge in [0, 0.05) is 18.6 Å². The van der Waals surface area contributed by atoms with Gasteiger partial charge in [-0.1, -0.05) is 19.1 Å². The minimum Gasteiger partial charge on any atom is -0.508 e. The third kappa shape index (κ3) is 4.21. The normalized spacial score (nSPS) is 27.0. The highest BCUT2D eigenvalue weighted by molar-refractivity contribution is 7.87. The van der Waals surface area contributed by atoms with Gasteiger partial charge in [-0.15, -0.1) is 12.4 Å². The number of nitrogens with one attached hydrogen (secondary N) is 1. The van der Waals surface area contributed by atoms with Crippen molar-refractivity contribution in [2.75, 3.05) is 13.1 Å². The Balaban J connectivity index is 0.00000208. The Morgan fingerprint density at radius 1 is 1.38 bits per heavy atom. The predicted molar refractivity (Wildman–Crippen MR) is 96.6 cm³/mol. The average Bonchev–Trinajstić information content (AvgIpc) is 2.45. The van der Waals surface area contributed by atoms with E-state index in [1.54, 1.807) is 6.07 Å². The van der Waals surface area contributed by atoms with Gasteiger partial charge in [0.25, 0.3) is 10.2 Å². The summed E-state index contributed by atoms with van der Waals surface area (Å²) in [5.74, 6) is 0.680. The smallest absolute Gasteiger partial charge is 0.274 e. The van der Waals surface area contributed by atoms with Gasteiger partial charge in [-0.05, 0) is 55.3 Å². The Hall–Kier alpha value is -0.860. The largest absolute Gasteiger partial charge is 0.508 e. The fraction of sp³-hybridized carbons (Fsp3) is 0.625. The summed E-state index contributed by atoms with van der Waals surface area (Å²) >= 11 is 0. The van der Waals surface area contributed by atoms with Crippen LogP contribution in [0.3, 0.4) is 0 Å². The second-order valence-corrected chi connectivity index (χ2v) is 8.07. The SMILES string of the molecule is CCCN1C[C@@H](NS(N)(=O)=O)C[C@@H]2Cc3c(O)cccc3C[C@H]21.Cl. The number of nitrogens with zero attached hydrogens (tertiary/aromatic N) is 1. The Morgan fingerprint density at radius 3 is 2.79 bits per heavy atom. The second-order valence-electron chi connectivity index (χ2n) is 6.74. The molecule has 1 aromatic rings. The van der Waals surface area contributed by atoms with Crippen molar-refractivity contribution in [3.05, 3.63) is 29.3 Å². The lowest BCUT2D eigenvalue weighted by atomic mass is 9.74. The maximum absolute atomic E-state index is 11.4. The summed E-state index contributed by atoms with van der Waals surface area (Å²) < 4.78 is 25.3. The lowest BCUT2D eigenvalue weighted by Gasteiger charge is -2.47. The number of rotatable bonds is 4. The number of piperidine rings is 1. The van der Waals surface area contributed by atoms with Crippen LogP contribution in [-0.4, -0.2) is 43.6 Å². The molecule has 24 heavy (non-hydrogen) atoms. The van der Waals surface area contributed by atoms with Crippen LogP contribution < -0.4 is 9.86 Å². The van der Waals surface area contributed by atoms with Crippen molar-refractivity contribution in [1.29, 1.82) is 0 Å². The number of fused-ring (bicyclic) bond motifs is 2. The van der Waals surface area contributed by atoms with Crippen LogP contribution in [0.4, 0.5) is 0 Å². The molecule has 1 heterocycles. The minimum atomic E-state index is -3.69. The van der Waals surface area contributed by atoms with Crippen molar-refractivity contribution in [2.45, 2.75) is 44.7 Å². The van der Waals surface area contributed by atoms with Gasteiger partial charge in [0.15, 0.2) is 0 Å². The van der Waals surface area contributed by atoms with Crippen LogP contribution in [0.25, 0.3) is 0 Å². The fourth-order valence-electron chi connectivity index (χ4n) is 4.23. The molecule has 0 amide bonds. The maximum atomic E-state index is 11.4. The van der Waals surface area contributed by atoms with Crippen LogP contribution in [0.2, 0.25) is 0 Å². The monoisotopic (exact) mass is 375 g/mol. The number of hydrogen-bond donors (Lipinski definition) is 3. The van der Waals surface area contributed by atoms with Crippen LogP contribution >= 0.6 is 12.4 Å². The van der Waals surface area contributed by atoms with E-state index in [1.165, 1.54) is 5.56 Å². The zero-order valence-electron chi connectivity index (χ0n) is 13.8. The van der Waals surface area contributed by atoms with Gasteiger partial charge in [0.05, 0.1) is 0 Å². The van der Waals surface area contributed by atoms with Gasteiger partial charge in [0.2, 0.25) is 0 Å². The minimum absolute atomic E-state index is 0. The molecule has 0 bridgehead atoms. The number of hydrogen-bond acceptors (Lipinski definition) is 4. The highest BCUT2D eigenvalue weighted by atomic mass is 35.5. The molecule has 1 fully saturated rings. The molecular formula is C16H26ClN3O3S. The number of halogens is 1. The molecule has 0 radical (unpaired) electrons. The van der Waals surface area contributed by atoms with Crippen molar-refractivity contribution < 1.29 is 13.5 Å². The number of nitrogens with two attached hydrogens (primary N) is 1. The first-order valence-electron chi connectivity index (χ1n) is 8.21. The van der Waals surface area contributed by atoms with Crippen molar-refractivity contribution >= 4 is 22.6 Å². The van der Waals surface area contributed by atoms with Gasteiger partial charge in [0.1, 0.15) is 5.75 Å². The summed E-state index contributed by atoms with van der Waals surface area (Å²) in [6.45, 7) is 3.77. The van der Waals surface area contributed by atoms with Gasteiger partial charge in [-0.3, -0.25) is 4.90 Å². The highest BCUT2D eigenvalue weighted by Gasteiger charge is 2.40. The number of likely N-dealkylation sites (tertiary alicyclic amines) is 1. The Labute approximate surface area is 150 Å². The summed E-state index contributed by atoms with van der Waals surface area (Å²) in [5, 5.41) is 15.3. The molecule has 0 aromatic heterocycles. The molecule has 4 N–H and O–H groups in total. The molecular weight excluding hydrogens is 350 g/mol. The lowest BCUT2D eigenvalue weighted by Crippen LogP contribution is -2.58. The predicted octanol–water partition coefficient (Wildman–Crippen LogP) is 1.17. The Morgan fingerprint density at radius 2 is 2.12 bits per heavy atom. The topological polar surface area (TPSA) is 95.7 Å². The average molecular weight is 376 g/mol. The first-order chi connectivity index (χ1) is 10.9. The summed E-state index contributed by atoms with van der Waals surface area (Å²) in [6, 6.07) is 5.95. The van der Waals surface area contributed by atoms with Gasteiger partial charge in [-0.2, -0.15) is 13.1 Å². The molecule has 1 aliphatic heterocycles. The number of phenolic OH excluding ortho intramolecular Hbond substituents is 1. The number of benzene rings is 1. The lowest BCUT2D eigenvalue weighted by molar-refractivity contribution is 0.0683. The summed E-state index contributed by atoms with van der Waals surface area (Å²) in [5.41, 5.74) is 2.23. The van der Waals surface area contributed by atoms with E-state index in [4.69, 9.17) is 5.14 Å². The molecule has 1 aromatic carbocycles. The van der Waals surface area contributed by atoms with Crippen LogP contribution in [0, 0.1) is 5.92 Å². The fourth-order valence-corrected chi connectivity index (χ4v) is 4.86. The zero-order valence-corrected chi connectivity index (χ0v) is 15.4. The van der Waals surface area contributed by atoms with E-state index in [0.717, 1.165) is 37.8 Å². The molecule has 0 saturated carbocycles. The maximum Gasteiger partial charge on any atom is 0.274 e. The highest BCUT2D eigenvalue weighted by Crippen LogP contribution is 2.38. The Kier molecular flexibility index (Phi) is 6.14. The Bertz CT molecular complexity index is 683. The molecule has 136 valence electrons. The molecule has 6 nitrogen and oxygen atoms in total. The molecule has 0 unspecified atom stereocenters. The standard InChI is InChI=1S/C16H25N3O3S.ClH/c1-2-6-19-10-13(18-23(17,21)22)7-12-8-14-11(9-15(12)19)4-3-5-16(14)20;/h3-5,12-13,15,18,20H,2,6-10H2,1H3,(H2,17,21,22);1H/t12-,13+,15-;/m1./s1. The van der Waals surface area contributed by atoms with E-state index in [-0.39, 0.29) is 18.4 Å². The molecule has 0 spiro atoms. The number of aromatic hydroxyl groups is 1. The summed E-state index contributed by atoms with van der Waals surface area (Å²) in [7, 11) is -3.69. The third-order valence-electron chi connectivity index (χ3n) is 5.04. The van der Waals surface area contributed by atoms with E-state index in [0.29, 0.717) is 24.3 Å². The summed E-state index contributed by atoms with van der Waals surface area (Å²) in [6.07, 6.45) is 3.49. The van der Waals surface area contributed by atoms with Crippen LogP contribution in [0.1, 0.15) is 30.9 Å². The quantitative estimate of drug-likeness (QED) is 0.736. The van der Waals surface area contributed by atoms with Crippen molar-refractivity contribution in [1.82, 2.24) is 9.62 Å². The van der Waals surface area contributed by atoms with E-state index in [2.05, 4.69) is 22.6 Å². The first kappa shape index (κ1) is 19.5. The van der Waals surface area contributed by atoms with Crippen molar-refractivity contribution in [3.8, 4) is 5.75 Å². The van der Waals surface area contributed by atoms with Crippen LogP contribution in [0.15, 0.2) is 18.2 Å². The first-order valence-corrected chi connectivity index (χ1v) is 9.76. The van der Waals surface area contributed by atoms with Crippen molar-refractivity contribution in [3.63, 3.8) is 0 Å². The van der Waals surface area contributed by atoms with E-state index < -0.39 is 10.2 Å². The zero-order chi connectivity index (χ0) is 16.6. The molecule has 1 aliphatic carbocycles. The van der Waals surface area contributed by atoms with E-state index in [1.807, 2.05) is 6.07 Å². The van der Waals surface area contributed by atoms with Gasteiger partial charge < -0.3 is 5.11 Å². The third-order valence-corrected chi connectivity index (χ3v) is 5.70. The van der Waals surface area contributed by atoms with E-state index >= 15 is 0 Å². The molecule has 1 saturated heterocycles. The van der Waals surface area contributed by atoms with Gasteiger partial charge >= 0.3 is 0 Å². The molecule has 8 heteroatoms. The van der Waals surface area contributed by atoms with Crippen LogP contribution in [-0.2, 0) is 23.1 Å². The number of phenols is 1. The van der Waals surface area contributed by atoms with Crippen LogP contribution in [0.5, 0.6) is 5.75 Å². The van der Waals surface area contributed by atoms with Crippen molar-refractivity contribution in [2.24, 2.45) is 11.1 Å². The summed E-state index contributed by atoms with van der Waals surface area (Å²) in [4.78, 5) is 2.38. The molecule has 3 atom stereocenters. The molecule has 2 aliphatic rings. The van der Waals surface area contributed by atoms with E-state index in [9.17, 15) is 13.5 Å². The van der Waals surface area contributed by atoms with Gasteiger partial charge in [-0.25, -0.2) is 5.14 Å². The molecule has 3 rings (SSSR count). The second kappa shape index (κ2) is 7.58.